The van der Waals surface area contributed by atoms with E-state index >= 15 is 0 Å². The molecular formula is C31H32N6O2. The summed E-state index contributed by atoms with van der Waals surface area (Å²) in [5, 5.41) is 11.4. The van der Waals surface area contributed by atoms with Crippen molar-refractivity contribution in [2.75, 3.05) is 26.4 Å². The molecule has 8 heteroatoms. The number of carbonyl (C=O) groups excluding carboxylic acids is 1. The molecule has 4 aromatic rings. The Kier molecular flexibility index (Phi) is 8.81. The van der Waals surface area contributed by atoms with Gasteiger partial charge in [0.1, 0.15) is 5.56 Å². The van der Waals surface area contributed by atoms with E-state index in [0.717, 1.165) is 23.2 Å². The van der Waals surface area contributed by atoms with Gasteiger partial charge < -0.3 is 20.5 Å². The van der Waals surface area contributed by atoms with Crippen LogP contribution in [0.5, 0.6) is 0 Å². The molecule has 2 heterocycles. The molecule has 0 saturated carbocycles. The number of aromatic nitrogens is 2. The quantitative estimate of drug-likeness (QED) is 0.217. The number of carbonyl (C=O) groups is 1. The zero-order valence-electron chi connectivity index (χ0n) is 22.1. The molecule has 0 atom stereocenters. The van der Waals surface area contributed by atoms with E-state index in [2.05, 4.69) is 15.2 Å². The van der Waals surface area contributed by atoms with Crippen molar-refractivity contribution in [3.8, 4) is 0 Å². The number of rotatable bonds is 10. The number of nitrogens with one attached hydrogen (secondary N) is 2. The van der Waals surface area contributed by atoms with Crippen LogP contribution in [0.4, 0.5) is 5.69 Å². The van der Waals surface area contributed by atoms with E-state index in [0.29, 0.717) is 23.5 Å². The Morgan fingerprint density at radius 2 is 1.85 bits per heavy atom. The van der Waals surface area contributed by atoms with Gasteiger partial charge in [0.15, 0.2) is 0 Å². The normalized spacial score (nSPS) is 11.2. The van der Waals surface area contributed by atoms with Crippen LogP contribution in [0.1, 0.15) is 38.2 Å². The van der Waals surface area contributed by atoms with E-state index in [9.17, 15) is 9.59 Å². The first-order valence-corrected chi connectivity index (χ1v) is 12.6. The monoisotopic (exact) mass is 520 g/mol. The molecule has 0 spiro atoms. The van der Waals surface area contributed by atoms with Crippen LogP contribution in [0.15, 0.2) is 96.2 Å². The number of hydrogen-bond donors (Lipinski definition) is 3. The Morgan fingerprint density at radius 3 is 2.54 bits per heavy atom. The Hall–Kier alpha value is -4.82. The maximum Gasteiger partial charge on any atom is 0.263 e. The first kappa shape index (κ1) is 27.2. The molecule has 0 bridgehead atoms. The van der Waals surface area contributed by atoms with E-state index < -0.39 is 5.91 Å². The van der Waals surface area contributed by atoms with Crippen molar-refractivity contribution < 1.29 is 4.79 Å². The number of anilines is 1. The number of nitrogen functional groups attached to an aromatic ring is 1. The minimum absolute atomic E-state index is 0.0802. The third kappa shape index (κ3) is 7.15. The molecule has 0 aliphatic rings. The predicted octanol–water partition coefficient (Wildman–Crippen LogP) is 3.79. The highest BCUT2D eigenvalue weighted by molar-refractivity contribution is 6.13. The smallest absolute Gasteiger partial charge is 0.263 e. The molecule has 8 nitrogen and oxygen atoms in total. The lowest BCUT2D eigenvalue weighted by Gasteiger charge is -2.12. The maximum absolute atomic E-state index is 12.8. The minimum atomic E-state index is -0.440. The Balaban J connectivity index is 1.35. The topological polar surface area (TPSA) is 117 Å². The van der Waals surface area contributed by atoms with Crippen LogP contribution in [-0.4, -0.2) is 46.7 Å². The summed E-state index contributed by atoms with van der Waals surface area (Å²) in [6.07, 6.45) is 8.64. The van der Waals surface area contributed by atoms with Crippen LogP contribution >= 0.6 is 0 Å². The molecule has 2 aromatic carbocycles. The van der Waals surface area contributed by atoms with Crippen molar-refractivity contribution in [3.05, 3.63) is 135 Å². The average molecular weight is 521 g/mol. The molecule has 1 amide bonds. The van der Waals surface area contributed by atoms with E-state index in [4.69, 9.17) is 11.1 Å². The summed E-state index contributed by atoms with van der Waals surface area (Å²) in [4.78, 5) is 31.6. The summed E-state index contributed by atoms with van der Waals surface area (Å²) in [6.45, 7) is 1.42. The lowest BCUT2D eigenvalue weighted by atomic mass is 9.98. The molecule has 0 unspecified atom stereocenters. The van der Waals surface area contributed by atoms with Gasteiger partial charge in [-0.15, -0.1) is 0 Å². The summed E-state index contributed by atoms with van der Waals surface area (Å²) in [6, 6.07) is 20.3. The number of nitrogens with zero attached hydrogens (tertiary/aromatic N) is 3. The third-order valence-electron chi connectivity index (χ3n) is 6.12. The zero-order chi connectivity index (χ0) is 27.8. The van der Waals surface area contributed by atoms with Gasteiger partial charge in [-0.25, -0.2) is 0 Å². The molecule has 4 rings (SSSR count). The molecule has 4 N–H and O–H groups in total. The van der Waals surface area contributed by atoms with Crippen LogP contribution in [0, 0.1) is 5.41 Å². The van der Waals surface area contributed by atoms with E-state index in [1.807, 2.05) is 62.6 Å². The third-order valence-corrected chi connectivity index (χ3v) is 6.12. The number of benzene rings is 2. The van der Waals surface area contributed by atoms with Crippen LogP contribution < -0.4 is 16.6 Å². The first-order chi connectivity index (χ1) is 18.8. The molecule has 198 valence electrons. The Bertz CT molecular complexity index is 1540. The van der Waals surface area contributed by atoms with Crippen molar-refractivity contribution in [3.63, 3.8) is 0 Å². The van der Waals surface area contributed by atoms with Crippen molar-refractivity contribution in [1.29, 1.82) is 5.41 Å². The second-order valence-corrected chi connectivity index (χ2v) is 9.48. The fourth-order valence-electron chi connectivity index (χ4n) is 4.17. The molecule has 0 radical (unpaired) electrons. The van der Waals surface area contributed by atoms with Crippen LogP contribution in [0.3, 0.4) is 0 Å². The summed E-state index contributed by atoms with van der Waals surface area (Å²) in [7, 11) is 4.04. The number of nitrogens with two attached hydrogens (primary N) is 1. The lowest BCUT2D eigenvalue weighted by Crippen LogP contribution is -2.33. The van der Waals surface area contributed by atoms with Gasteiger partial charge in [0.2, 0.25) is 0 Å². The van der Waals surface area contributed by atoms with Gasteiger partial charge in [-0.2, -0.15) is 0 Å². The van der Waals surface area contributed by atoms with Gasteiger partial charge in [-0.1, -0.05) is 54.6 Å². The van der Waals surface area contributed by atoms with Gasteiger partial charge in [-0.05, 0) is 55.1 Å². The standard InChI is InChI=1S/C31H32N6O2/c1-36(2)20-23-9-12-25(13-10-23)29(33)26-14-11-22(18-28(26)32)6-4-16-35-30(38)27-8-5-17-37(31(27)39)21-24-7-3-15-34-19-24/h3-15,17-19,33H,16,20-21,32H2,1-2H3,(H,35,38)/b6-4+,33-29?. The van der Waals surface area contributed by atoms with Crippen molar-refractivity contribution in [2.24, 2.45) is 0 Å². The number of hydrogen-bond acceptors (Lipinski definition) is 6. The SMILES string of the molecule is CN(C)Cc1ccc(C(=N)c2ccc(/C=C/CNC(=O)c3cccn(Cc4cccnc4)c3=O)cc2N)cc1. The highest BCUT2D eigenvalue weighted by atomic mass is 16.2. The molecule has 39 heavy (non-hydrogen) atoms. The van der Waals surface area contributed by atoms with Crippen LogP contribution in [0.25, 0.3) is 6.08 Å². The molecule has 2 aromatic heterocycles. The van der Waals surface area contributed by atoms with E-state index in [1.54, 1.807) is 42.9 Å². The van der Waals surface area contributed by atoms with Crippen molar-refractivity contribution >= 4 is 23.4 Å². The lowest BCUT2D eigenvalue weighted by molar-refractivity contribution is 0.0956. The first-order valence-electron chi connectivity index (χ1n) is 12.6. The molecule has 0 saturated heterocycles. The van der Waals surface area contributed by atoms with Gasteiger partial charge in [0.25, 0.3) is 11.5 Å². The highest BCUT2D eigenvalue weighted by Crippen LogP contribution is 2.20. The zero-order valence-corrected chi connectivity index (χ0v) is 22.1. The van der Waals surface area contributed by atoms with Gasteiger partial charge >= 0.3 is 0 Å². The van der Waals surface area contributed by atoms with Crippen LogP contribution in [0.2, 0.25) is 0 Å². The van der Waals surface area contributed by atoms with E-state index in [1.165, 1.54) is 16.2 Å². The van der Waals surface area contributed by atoms with Crippen LogP contribution in [-0.2, 0) is 13.1 Å². The Labute approximate surface area is 228 Å². The van der Waals surface area contributed by atoms with Gasteiger partial charge in [0, 0.05) is 48.5 Å². The number of pyridine rings is 2. The van der Waals surface area contributed by atoms with Gasteiger partial charge in [-0.3, -0.25) is 20.0 Å². The maximum atomic E-state index is 12.8. The van der Waals surface area contributed by atoms with Gasteiger partial charge in [0.05, 0.1) is 12.3 Å². The predicted molar refractivity (Wildman–Crippen MR) is 156 cm³/mol. The average Bonchev–Trinajstić information content (AvgIpc) is 2.92. The molecule has 0 aliphatic carbocycles. The highest BCUT2D eigenvalue weighted by Gasteiger charge is 2.12. The number of amides is 1. The van der Waals surface area contributed by atoms with Crippen molar-refractivity contribution in [2.45, 2.75) is 13.1 Å². The second kappa shape index (κ2) is 12.6. The fourth-order valence-corrected chi connectivity index (χ4v) is 4.17. The summed E-state index contributed by atoms with van der Waals surface area (Å²) >= 11 is 0. The van der Waals surface area contributed by atoms with Crippen molar-refractivity contribution in [1.82, 2.24) is 19.8 Å². The van der Waals surface area contributed by atoms with E-state index in [-0.39, 0.29) is 17.7 Å². The fraction of sp³-hybridized carbons (Fsp3) is 0.161. The largest absolute Gasteiger partial charge is 0.398 e. The molecule has 0 aliphatic heterocycles. The summed E-state index contributed by atoms with van der Waals surface area (Å²) < 4.78 is 1.49. The minimum Gasteiger partial charge on any atom is -0.398 e. The summed E-state index contributed by atoms with van der Waals surface area (Å²) in [5.74, 6) is -0.440. The molecular weight excluding hydrogens is 488 g/mol. The summed E-state index contributed by atoms with van der Waals surface area (Å²) in [5.41, 5.74) is 11.2. The second-order valence-electron chi connectivity index (χ2n) is 9.48. The molecule has 0 fully saturated rings. The Morgan fingerprint density at radius 1 is 1.05 bits per heavy atom.